The summed E-state index contributed by atoms with van der Waals surface area (Å²) < 4.78 is 25.2. The molecule has 1 heterocycles. The van der Waals surface area contributed by atoms with Crippen molar-refractivity contribution in [2.24, 2.45) is 5.92 Å². The van der Waals surface area contributed by atoms with Crippen LogP contribution in [0.4, 0.5) is 0 Å². The van der Waals surface area contributed by atoms with E-state index in [1.165, 1.54) is 0 Å². The predicted octanol–water partition coefficient (Wildman–Crippen LogP) is 2.22. The van der Waals surface area contributed by atoms with Crippen LogP contribution < -0.4 is 5.32 Å². The van der Waals surface area contributed by atoms with Gasteiger partial charge in [-0.2, -0.15) is 0 Å². The fourth-order valence-corrected chi connectivity index (χ4v) is 4.37. The third kappa shape index (κ3) is 3.53. The van der Waals surface area contributed by atoms with E-state index < -0.39 is 9.84 Å². The molecule has 0 bridgehead atoms. The first-order valence-corrected chi connectivity index (χ1v) is 8.21. The zero-order chi connectivity index (χ0) is 12.3. The van der Waals surface area contributed by atoms with Crippen LogP contribution in [0.2, 0.25) is 0 Å². The molecule has 0 unspecified atom stereocenters. The summed E-state index contributed by atoms with van der Waals surface area (Å²) in [6.07, 6.45) is 2.07. The molecule has 1 aliphatic heterocycles. The van der Waals surface area contributed by atoms with E-state index in [9.17, 15) is 8.42 Å². The predicted molar refractivity (Wildman–Crippen MR) is 71.8 cm³/mol. The lowest BCUT2D eigenvalue weighted by molar-refractivity contribution is 0.404. The molecule has 5 heteroatoms. The molecule has 2 rings (SSSR count). The Bertz CT molecular complexity index is 481. The zero-order valence-corrected chi connectivity index (χ0v) is 11.9. The van der Waals surface area contributed by atoms with Crippen LogP contribution in [0.25, 0.3) is 0 Å². The van der Waals surface area contributed by atoms with Gasteiger partial charge in [0.25, 0.3) is 0 Å². The SMILES string of the molecule is O=S(=O)(C[C@@H]1CCCNC1)c1cccc(Br)c1. The van der Waals surface area contributed by atoms with E-state index in [1.54, 1.807) is 18.2 Å². The molecule has 1 aliphatic rings. The normalized spacial score (nSPS) is 21.4. The quantitative estimate of drug-likeness (QED) is 0.929. The van der Waals surface area contributed by atoms with Gasteiger partial charge in [0, 0.05) is 4.47 Å². The Morgan fingerprint density at radius 1 is 1.41 bits per heavy atom. The summed E-state index contributed by atoms with van der Waals surface area (Å²) in [5, 5.41) is 3.25. The van der Waals surface area contributed by atoms with Crippen molar-refractivity contribution in [1.29, 1.82) is 0 Å². The van der Waals surface area contributed by atoms with Gasteiger partial charge >= 0.3 is 0 Å². The van der Waals surface area contributed by atoms with Crippen LogP contribution in [-0.4, -0.2) is 27.3 Å². The summed E-state index contributed by atoms with van der Waals surface area (Å²) in [4.78, 5) is 0.414. The summed E-state index contributed by atoms with van der Waals surface area (Å²) in [7, 11) is -3.15. The highest BCUT2D eigenvalue weighted by atomic mass is 79.9. The summed E-state index contributed by atoms with van der Waals surface area (Å²) in [6, 6.07) is 6.93. The van der Waals surface area contributed by atoms with Crippen molar-refractivity contribution < 1.29 is 8.42 Å². The summed E-state index contributed by atoms with van der Waals surface area (Å²) in [5.74, 6) is 0.490. The Hall–Kier alpha value is -0.390. The number of halogens is 1. The van der Waals surface area contributed by atoms with Crippen LogP contribution >= 0.6 is 15.9 Å². The second-order valence-electron chi connectivity index (χ2n) is 4.45. The number of hydrogen-bond donors (Lipinski definition) is 1. The number of benzene rings is 1. The minimum Gasteiger partial charge on any atom is -0.316 e. The topological polar surface area (TPSA) is 46.2 Å². The fraction of sp³-hybridized carbons (Fsp3) is 0.500. The van der Waals surface area contributed by atoms with Gasteiger partial charge in [0.1, 0.15) is 0 Å². The van der Waals surface area contributed by atoms with E-state index >= 15 is 0 Å². The van der Waals surface area contributed by atoms with Gasteiger partial charge in [-0.3, -0.25) is 0 Å². The van der Waals surface area contributed by atoms with E-state index in [1.807, 2.05) is 6.07 Å². The maximum Gasteiger partial charge on any atom is 0.178 e. The van der Waals surface area contributed by atoms with Crippen LogP contribution in [-0.2, 0) is 9.84 Å². The largest absolute Gasteiger partial charge is 0.316 e. The van der Waals surface area contributed by atoms with Gasteiger partial charge in [-0.1, -0.05) is 22.0 Å². The Labute approximate surface area is 111 Å². The van der Waals surface area contributed by atoms with Gasteiger partial charge in [0.15, 0.2) is 9.84 Å². The Morgan fingerprint density at radius 2 is 2.24 bits per heavy atom. The average molecular weight is 318 g/mol. The maximum absolute atomic E-state index is 12.2. The molecule has 0 spiro atoms. The van der Waals surface area contributed by atoms with Crippen molar-refractivity contribution in [1.82, 2.24) is 5.32 Å². The van der Waals surface area contributed by atoms with Gasteiger partial charge in [-0.25, -0.2) is 8.42 Å². The van der Waals surface area contributed by atoms with E-state index in [4.69, 9.17) is 0 Å². The molecule has 1 aromatic rings. The van der Waals surface area contributed by atoms with Crippen LogP contribution in [0.3, 0.4) is 0 Å². The molecule has 0 saturated carbocycles. The molecule has 0 amide bonds. The van der Waals surface area contributed by atoms with Crippen molar-refractivity contribution in [3.63, 3.8) is 0 Å². The van der Waals surface area contributed by atoms with Crippen molar-refractivity contribution in [3.8, 4) is 0 Å². The molecular formula is C12H16BrNO2S. The van der Waals surface area contributed by atoms with E-state index in [-0.39, 0.29) is 11.7 Å². The number of piperidine rings is 1. The second-order valence-corrected chi connectivity index (χ2v) is 7.40. The van der Waals surface area contributed by atoms with Crippen LogP contribution in [0.1, 0.15) is 12.8 Å². The first kappa shape index (κ1) is 13.1. The molecule has 94 valence electrons. The number of rotatable bonds is 3. The van der Waals surface area contributed by atoms with Gasteiger partial charge in [-0.05, 0) is 50.0 Å². The molecular weight excluding hydrogens is 302 g/mol. The van der Waals surface area contributed by atoms with E-state index in [0.717, 1.165) is 30.4 Å². The summed E-state index contributed by atoms with van der Waals surface area (Å²) in [6.45, 7) is 1.82. The third-order valence-electron chi connectivity index (χ3n) is 3.01. The molecule has 17 heavy (non-hydrogen) atoms. The Balaban J connectivity index is 2.13. The monoisotopic (exact) mass is 317 g/mol. The van der Waals surface area contributed by atoms with Crippen LogP contribution in [0.5, 0.6) is 0 Å². The molecule has 0 aliphatic carbocycles. The van der Waals surface area contributed by atoms with Crippen molar-refractivity contribution in [2.75, 3.05) is 18.8 Å². The van der Waals surface area contributed by atoms with Gasteiger partial charge in [0.05, 0.1) is 10.6 Å². The average Bonchev–Trinajstić information content (AvgIpc) is 2.30. The zero-order valence-electron chi connectivity index (χ0n) is 9.52. The highest BCUT2D eigenvalue weighted by Crippen LogP contribution is 2.21. The van der Waals surface area contributed by atoms with Crippen molar-refractivity contribution >= 4 is 25.8 Å². The first-order chi connectivity index (χ1) is 8.08. The molecule has 1 N–H and O–H groups in total. The molecule has 1 atom stereocenters. The number of nitrogens with one attached hydrogen (secondary N) is 1. The molecule has 0 radical (unpaired) electrons. The lowest BCUT2D eigenvalue weighted by Gasteiger charge is -2.22. The van der Waals surface area contributed by atoms with Crippen molar-refractivity contribution in [3.05, 3.63) is 28.7 Å². The number of hydrogen-bond acceptors (Lipinski definition) is 3. The maximum atomic E-state index is 12.2. The molecule has 0 aromatic heterocycles. The summed E-state index contributed by atoms with van der Waals surface area (Å²) in [5.41, 5.74) is 0. The first-order valence-electron chi connectivity index (χ1n) is 5.77. The fourth-order valence-electron chi connectivity index (χ4n) is 2.13. The third-order valence-corrected chi connectivity index (χ3v) is 5.38. The lowest BCUT2D eigenvalue weighted by Crippen LogP contribution is -2.33. The smallest absolute Gasteiger partial charge is 0.178 e. The highest BCUT2D eigenvalue weighted by Gasteiger charge is 2.22. The van der Waals surface area contributed by atoms with Crippen LogP contribution in [0.15, 0.2) is 33.6 Å². The Kier molecular flexibility index (Phi) is 4.22. The van der Waals surface area contributed by atoms with E-state index in [2.05, 4.69) is 21.2 Å². The summed E-state index contributed by atoms with van der Waals surface area (Å²) >= 11 is 3.30. The molecule has 1 fully saturated rings. The van der Waals surface area contributed by atoms with E-state index in [0.29, 0.717) is 4.90 Å². The Morgan fingerprint density at radius 3 is 2.88 bits per heavy atom. The van der Waals surface area contributed by atoms with Gasteiger partial charge < -0.3 is 5.32 Å². The molecule has 1 aromatic carbocycles. The highest BCUT2D eigenvalue weighted by molar-refractivity contribution is 9.10. The van der Waals surface area contributed by atoms with Crippen molar-refractivity contribution in [2.45, 2.75) is 17.7 Å². The second kappa shape index (κ2) is 5.50. The standard InChI is InChI=1S/C12H16BrNO2S/c13-11-4-1-5-12(7-11)17(15,16)9-10-3-2-6-14-8-10/h1,4-5,7,10,14H,2-3,6,8-9H2/t10-/m1/s1. The molecule has 3 nitrogen and oxygen atoms in total. The van der Waals surface area contributed by atoms with Gasteiger partial charge in [-0.15, -0.1) is 0 Å². The minimum atomic E-state index is -3.15. The van der Waals surface area contributed by atoms with Crippen LogP contribution in [0, 0.1) is 5.92 Å². The number of sulfone groups is 1. The lowest BCUT2D eigenvalue weighted by atomic mass is 10.0. The molecule has 1 saturated heterocycles. The minimum absolute atomic E-state index is 0.243. The van der Waals surface area contributed by atoms with Gasteiger partial charge in [0.2, 0.25) is 0 Å².